The van der Waals surface area contributed by atoms with Gasteiger partial charge in [0.1, 0.15) is 0 Å². The van der Waals surface area contributed by atoms with E-state index in [1.165, 1.54) is 11.1 Å². The van der Waals surface area contributed by atoms with E-state index in [1.54, 1.807) is 11.3 Å². The number of aromatic nitrogens is 1. The van der Waals surface area contributed by atoms with Crippen molar-refractivity contribution in [1.29, 1.82) is 0 Å². The van der Waals surface area contributed by atoms with Gasteiger partial charge >= 0.3 is 0 Å². The summed E-state index contributed by atoms with van der Waals surface area (Å²) in [6, 6.07) is 8.73. The van der Waals surface area contributed by atoms with Crippen LogP contribution in [0.1, 0.15) is 21.8 Å². The molecule has 0 bridgehead atoms. The van der Waals surface area contributed by atoms with Gasteiger partial charge < -0.3 is 5.73 Å². The Balaban J connectivity index is 1.93. The summed E-state index contributed by atoms with van der Waals surface area (Å²) in [5, 5.41) is 3.21. The van der Waals surface area contributed by atoms with Crippen LogP contribution >= 0.6 is 11.3 Å². The Kier molecular flexibility index (Phi) is 3.92. The van der Waals surface area contributed by atoms with Crippen LogP contribution in [-0.4, -0.2) is 11.0 Å². The summed E-state index contributed by atoms with van der Waals surface area (Å²) in [5.41, 5.74) is 9.86. The maximum Gasteiger partial charge on any atom is 0.0897 e. The molecule has 1 atom stereocenters. The maximum absolute atomic E-state index is 6.15. The van der Waals surface area contributed by atoms with Gasteiger partial charge in [-0.05, 0) is 25.8 Å². The first-order valence-corrected chi connectivity index (χ1v) is 6.73. The highest BCUT2D eigenvalue weighted by Gasteiger charge is 2.07. The van der Waals surface area contributed by atoms with Crippen LogP contribution < -0.4 is 5.73 Å². The highest BCUT2D eigenvalue weighted by molar-refractivity contribution is 7.09. The molecule has 3 heteroatoms. The van der Waals surface area contributed by atoms with E-state index in [2.05, 4.69) is 41.6 Å². The van der Waals surface area contributed by atoms with Gasteiger partial charge in [-0.25, -0.2) is 4.98 Å². The molecule has 2 aromatic rings. The molecule has 90 valence electrons. The van der Waals surface area contributed by atoms with Crippen molar-refractivity contribution in [2.24, 2.45) is 5.73 Å². The third-order valence-electron chi connectivity index (χ3n) is 2.76. The molecule has 1 aromatic heterocycles. The van der Waals surface area contributed by atoms with Gasteiger partial charge in [0.05, 0.1) is 10.7 Å². The molecule has 0 radical (unpaired) electrons. The summed E-state index contributed by atoms with van der Waals surface area (Å²) in [6.07, 6.45) is 1.77. The molecule has 0 aliphatic carbocycles. The summed E-state index contributed by atoms with van der Waals surface area (Å²) in [5.74, 6) is 0. The van der Waals surface area contributed by atoms with Crippen LogP contribution in [0.4, 0.5) is 0 Å². The number of hydrogen-bond donors (Lipinski definition) is 1. The number of thiazole rings is 1. The monoisotopic (exact) mass is 246 g/mol. The van der Waals surface area contributed by atoms with Crippen molar-refractivity contribution in [1.82, 2.24) is 4.98 Å². The molecular weight excluding hydrogens is 228 g/mol. The van der Waals surface area contributed by atoms with Crippen molar-refractivity contribution in [3.8, 4) is 0 Å². The topological polar surface area (TPSA) is 38.9 Å². The Hall–Kier alpha value is -1.19. The third kappa shape index (κ3) is 3.65. The first-order chi connectivity index (χ1) is 8.13. The molecule has 1 aromatic carbocycles. The molecular formula is C14H18N2S. The summed E-state index contributed by atoms with van der Waals surface area (Å²) < 4.78 is 0. The van der Waals surface area contributed by atoms with Crippen LogP contribution in [0.25, 0.3) is 0 Å². The molecule has 2 nitrogen and oxygen atoms in total. The van der Waals surface area contributed by atoms with E-state index >= 15 is 0 Å². The minimum absolute atomic E-state index is 0.152. The summed E-state index contributed by atoms with van der Waals surface area (Å²) in [7, 11) is 0. The SMILES string of the molecule is Cc1ccc(CC(N)Cc2csc(C)n2)cc1. The predicted octanol–water partition coefficient (Wildman–Crippen LogP) is 2.87. The fourth-order valence-corrected chi connectivity index (χ4v) is 2.50. The zero-order valence-electron chi connectivity index (χ0n) is 10.3. The molecule has 1 heterocycles. The Morgan fingerprint density at radius 3 is 2.47 bits per heavy atom. The highest BCUT2D eigenvalue weighted by Crippen LogP contribution is 2.12. The fraction of sp³-hybridized carbons (Fsp3) is 0.357. The highest BCUT2D eigenvalue weighted by atomic mass is 32.1. The standard InChI is InChI=1S/C14H18N2S/c1-10-3-5-12(6-4-10)7-13(15)8-14-9-17-11(2)16-14/h3-6,9,13H,7-8,15H2,1-2H3. The van der Waals surface area contributed by atoms with E-state index in [9.17, 15) is 0 Å². The zero-order chi connectivity index (χ0) is 12.3. The van der Waals surface area contributed by atoms with Gasteiger partial charge in [0.2, 0.25) is 0 Å². The van der Waals surface area contributed by atoms with E-state index in [1.807, 2.05) is 6.92 Å². The lowest BCUT2D eigenvalue weighted by molar-refractivity contribution is 0.656. The van der Waals surface area contributed by atoms with Crippen LogP contribution in [0.15, 0.2) is 29.6 Å². The number of benzene rings is 1. The molecule has 0 aliphatic heterocycles. The van der Waals surface area contributed by atoms with Crippen molar-refractivity contribution < 1.29 is 0 Å². The molecule has 0 saturated carbocycles. The second-order valence-electron chi connectivity index (χ2n) is 4.51. The molecule has 2 N–H and O–H groups in total. The lowest BCUT2D eigenvalue weighted by atomic mass is 10.0. The van der Waals surface area contributed by atoms with Crippen molar-refractivity contribution >= 4 is 11.3 Å². The van der Waals surface area contributed by atoms with Crippen molar-refractivity contribution in [2.75, 3.05) is 0 Å². The molecule has 0 spiro atoms. The minimum Gasteiger partial charge on any atom is -0.327 e. The lowest BCUT2D eigenvalue weighted by Gasteiger charge is -2.10. The van der Waals surface area contributed by atoms with Crippen LogP contribution in [0.5, 0.6) is 0 Å². The van der Waals surface area contributed by atoms with Gasteiger partial charge in [0, 0.05) is 17.8 Å². The molecule has 17 heavy (non-hydrogen) atoms. The minimum atomic E-state index is 0.152. The van der Waals surface area contributed by atoms with Crippen LogP contribution in [0, 0.1) is 13.8 Å². The zero-order valence-corrected chi connectivity index (χ0v) is 11.1. The normalized spacial score (nSPS) is 12.6. The fourth-order valence-electron chi connectivity index (χ4n) is 1.87. The van der Waals surface area contributed by atoms with Gasteiger partial charge in [0.15, 0.2) is 0 Å². The van der Waals surface area contributed by atoms with E-state index in [-0.39, 0.29) is 6.04 Å². The maximum atomic E-state index is 6.15. The molecule has 2 rings (SSSR count). The third-order valence-corrected chi connectivity index (χ3v) is 3.58. The Labute approximate surface area is 107 Å². The van der Waals surface area contributed by atoms with Gasteiger partial charge in [-0.3, -0.25) is 0 Å². The molecule has 0 amide bonds. The van der Waals surface area contributed by atoms with Crippen LogP contribution in [0.2, 0.25) is 0 Å². The van der Waals surface area contributed by atoms with Gasteiger partial charge in [-0.2, -0.15) is 0 Å². The molecule has 0 aliphatic rings. The second-order valence-corrected chi connectivity index (χ2v) is 5.57. The van der Waals surface area contributed by atoms with E-state index in [0.717, 1.165) is 23.5 Å². The molecule has 0 saturated heterocycles. The Morgan fingerprint density at radius 1 is 1.18 bits per heavy atom. The Bertz CT molecular complexity index is 473. The number of rotatable bonds is 4. The predicted molar refractivity (Wildman–Crippen MR) is 73.4 cm³/mol. The van der Waals surface area contributed by atoms with Crippen LogP contribution in [0.3, 0.4) is 0 Å². The first kappa shape index (κ1) is 12.3. The average molecular weight is 246 g/mol. The van der Waals surface area contributed by atoms with Gasteiger partial charge in [-0.15, -0.1) is 11.3 Å². The number of nitrogens with zero attached hydrogens (tertiary/aromatic N) is 1. The first-order valence-electron chi connectivity index (χ1n) is 5.85. The number of nitrogens with two attached hydrogens (primary N) is 1. The van der Waals surface area contributed by atoms with E-state index < -0.39 is 0 Å². The summed E-state index contributed by atoms with van der Waals surface area (Å²) in [6.45, 7) is 4.13. The van der Waals surface area contributed by atoms with Crippen molar-refractivity contribution in [2.45, 2.75) is 32.7 Å². The van der Waals surface area contributed by atoms with E-state index in [0.29, 0.717) is 0 Å². The van der Waals surface area contributed by atoms with Gasteiger partial charge in [-0.1, -0.05) is 29.8 Å². The molecule has 0 fully saturated rings. The summed E-state index contributed by atoms with van der Waals surface area (Å²) in [4.78, 5) is 4.44. The lowest BCUT2D eigenvalue weighted by Crippen LogP contribution is -2.25. The Morgan fingerprint density at radius 2 is 1.88 bits per heavy atom. The number of hydrogen-bond acceptors (Lipinski definition) is 3. The van der Waals surface area contributed by atoms with E-state index in [4.69, 9.17) is 5.73 Å². The smallest absolute Gasteiger partial charge is 0.0897 e. The largest absolute Gasteiger partial charge is 0.327 e. The van der Waals surface area contributed by atoms with Crippen LogP contribution in [-0.2, 0) is 12.8 Å². The van der Waals surface area contributed by atoms with Crippen molar-refractivity contribution in [3.63, 3.8) is 0 Å². The second kappa shape index (κ2) is 5.43. The van der Waals surface area contributed by atoms with Gasteiger partial charge in [0.25, 0.3) is 0 Å². The van der Waals surface area contributed by atoms with Crippen molar-refractivity contribution in [3.05, 3.63) is 51.5 Å². The number of aryl methyl sites for hydroxylation is 2. The average Bonchev–Trinajstić information content (AvgIpc) is 2.67. The molecule has 1 unspecified atom stereocenters. The summed E-state index contributed by atoms with van der Waals surface area (Å²) >= 11 is 1.69. The quantitative estimate of drug-likeness (QED) is 0.901.